The summed E-state index contributed by atoms with van der Waals surface area (Å²) >= 11 is 0. The number of nitrogens with one attached hydrogen (secondary N) is 2. The van der Waals surface area contributed by atoms with Crippen molar-refractivity contribution in [3.8, 4) is 0 Å². The first-order valence-electron chi connectivity index (χ1n) is 14.8. The Morgan fingerprint density at radius 3 is 2.70 bits per heavy atom. The van der Waals surface area contributed by atoms with E-state index in [2.05, 4.69) is 48.2 Å². The number of aryl methyl sites for hydroxylation is 2. The Morgan fingerprint density at radius 1 is 1.18 bits per heavy atom. The summed E-state index contributed by atoms with van der Waals surface area (Å²) in [5, 5.41) is 7.76. The van der Waals surface area contributed by atoms with E-state index in [4.69, 9.17) is 4.99 Å². The van der Waals surface area contributed by atoms with Crippen LogP contribution in [0.25, 0.3) is 10.9 Å². The third-order valence-corrected chi connectivity index (χ3v) is 9.91. The van der Waals surface area contributed by atoms with Gasteiger partial charge in [0.15, 0.2) is 5.96 Å². The van der Waals surface area contributed by atoms with Gasteiger partial charge in [-0.3, -0.25) is 9.36 Å². The first kappa shape index (κ1) is 26.9. The van der Waals surface area contributed by atoms with E-state index in [0.717, 1.165) is 55.1 Å². The molecule has 2 heterocycles. The summed E-state index contributed by atoms with van der Waals surface area (Å²) in [6.07, 6.45) is 4.73. The van der Waals surface area contributed by atoms with Crippen LogP contribution in [0, 0.1) is 29.0 Å². The lowest BCUT2D eigenvalue weighted by molar-refractivity contribution is -0.108. The van der Waals surface area contributed by atoms with E-state index in [1.54, 1.807) is 23.0 Å². The number of aromatic nitrogens is 2. The van der Waals surface area contributed by atoms with E-state index in [1.165, 1.54) is 18.6 Å². The van der Waals surface area contributed by atoms with Gasteiger partial charge in [0.25, 0.3) is 5.56 Å². The number of piperazine rings is 1. The Morgan fingerprint density at radius 2 is 1.98 bits per heavy atom. The van der Waals surface area contributed by atoms with E-state index >= 15 is 0 Å². The summed E-state index contributed by atoms with van der Waals surface area (Å²) in [6.45, 7) is 12.7. The molecule has 4 aliphatic rings. The van der Waals surface area contributed by atoms with Gasteiger partial charge in [0.1, 0.15) is 5.82 Å². The van der Waals surface area contributed by atoms with Crippen LogP contribution in [0.4, 0.5) is 10.1 Å². The van der Waals surface area contributed by atoms with Crippen molar-refractivity contribution in [1.29, 1.82) is 0 Å². The number of anilines is 1. The summed E-state index contributed by atoms with van der Waals surface area (Å²) in [4.78, 5) is 25.6. The molecule has 212 valence electrons. The van der Waals surface area contributed by atoms with E-state index in [0.29, 0.717) is 47.3 Å². The second-order valence-corrected chi connectivity index (χ2v) is 12.8. The number of halogens is 1. The average Bonchev–Trinajstić information content (AvgIpc) is 2.94. The van der Waals surface area contributed by atoms with Crippen molar-refractivity contribution in [3.05, 3.63) is 70.5 Å². The molecule has 8 heteroatoms. The molecule has 3 aliphatic carbocycles. The zero-order valence-electron chi connectivity index (χ0n) is 24.0. The summed E-state index contributed by atoms with van der Waals surface area (Å²) in [7, 11) is 0. The number of guanidine groups is 1. The Labute approximate surface area is 235 Å². The van der Waals surface area contributed by atoms with E-state index in [-0.39, 0.29) is 11.4 Å². The van der Waals surface area contributed by atoms with Crippen molar-refractivity contribution in [1.82, 2.24) is 19.8 Å². The highest BCUT2D eigenvalue weighted by Crippen LogP contribution is 2.61. The molecule has 4 fully saturated rings. The van der Waals surface area contributed by atoms with Gasteiger partial charge >= 0.3 is 0 Å². The maximum Gasteiger partial charge on any atom is 0.261 e. The molecule has 2 bridgehead atoms. The molecule has 3 aromatic rings. The standard InChI is InChI=1S/C32H41FN6O/c1-20-18-38(14-12-34-20)31(37-28-16-23-15-27(21(28)2)32(23,3)4)36-25-9-10-26-29(17-25)35-19-39(30(26)40)13-11-22-5-7-24(33)8-6-22/h5-10,17,19-21,23,27-28,34H,11-16,18H2,1-4H3,(H,36,37). The van der Waals surface area contributed by atoms with Crippen LogP contribution in [0.1, 0.15) is 46.1 Å². The Kier molecular flexibility index (Phi) is 7.15. The van der Waals surface area contributed by atoms with Gasteiger partial charge in [-0.25, -0.2) is 14.4 Å². The van der Waals surface area contributed by atoms with Crippen molar-refractivity contribution >= 4 is 22.5 Å². The number of fused-ring (bicyclic) bond motifs is 3. The van der Waals surface area contributed by atoms with Crippen LogP contribution in [-0.4, -0.2) is 52.1 Å². The van der Waals surface area contributed by atoms with Crippen molar-refractivity contribution in [2.75, 3.05) is 25.0 Å². The fraction of sp³-hybridized carbons (Fsp3) is 0.531. The highest BCUT2D eigenvalue weighted by atomic mass is 19.1. The second-order valence-electron chi connectivity index (χ2n) is 12.8. The smallest absolute Gasteiger partial charge is 0.261 e. The monoisotopic (exact) mass is 544 g/mol. The summed E-state index contributed by atoms with van der Waals surface area (Å²) in [5.41, 5.74) is 2.90. The Hall–Kier alpha value is -3.26. The molecular weight excluding hydrogens is 503 g/mol. The van der Waals surface area contributed by atoms with E-state index < -0.39 is 0 Å². The van der Waals surface area contributed by atoms with Crippen LogP contribution in [0.15, 0.2) is 58.6 Å². The minimum atomic E-state index is -0.258. The summed E-state index contributed by atoms with van der Waals surface area (Å²) in [6, 6.07) is 12.9. The highest BCUT2D eigenvalue weighted by Gasteiger charge is 2.56. The first-order chi connectivity index (χ1) is 19.2. The maximum absolute atomic E-state index is 13.2. The number of aliphatic imine (C=N–C) groups is 1. The molecule has 2 aromatic carbocycles. The SMILES string of the molecule is CC1CN(C(=NC2CC3CC(C2C)C3(C)C)Nc2ccc3c(=O)n(CCc4ccc(F)cc4)cnc3c2)CCN1. The molecular formula is C32H41FN6O. The van der Waals surface area contributed by atoms with Crippen molar-refractivity contribution in [2.45, 2.75) is 65.6 Å². The molecule has 7 nitrogen and oxygen atoms in total. The molecule has 0 radical (unpaired) electrons. The van der Waals surface area contributed by atoms with Crippen LogP contribution in [-0.2, 0) is 13.0 Å². The van der Waals surface area contributed by atoms with E-state index in [9.17, 15) is 9.18 Å². The zero-order valence-corrected chi connectivity index (χ0v) is 24.0. The molecule has 5 atom stereocenters. The fourth-order valence-electron chi connectivity index (χ4n) is 7.19. The second kappa shape index (κ2) is 10.6. The van der Waals surface area contributed by atoms with Gasteiger partial charge in [-0.2, -0.15) is 0 Å². The van der Waals surface area contributed by atoms with Crippen LogP contribution < -0.4 is 16.2 Å². The summed E-state index contributed by atoms with van der Waals surface area (Å²) < 4.78 is 14.8. The molecule has 40 heavy (non-hydrogen) atoms. The van der Waals surface area contributed by atoms with Crippen molar-refractivity contribution < 1.29 is 4.39 Å². The molecule has 0 amide bonds. The average molecular weight is 545 g/mol. The van der Waals surface area contributed by atoms with Crippen LogP contribution in [0.3, 0.4) is 0 Å². The third-order valence-electron chi connectivity index (χ3n) is 9.91. The van der Waals surface area contributed by atoms with Gasteiger partial charge in [0, 0.05) is 37.9 Å². The van der Waals surface area contributed by atoms with Crippen LogP contribution >= 0.6 is 0 Å². The molecule has 1 aromatic heterocycles. The van der Waals surface area contributed by atoms with Gasteiger partial charge in [-0.1, -0.05) is 32.9 Å². The Bertz CT molecular complexity index is 1460. The van der Waals surface area contributed by atoms with Crippen LogP contribution in [0.2, 0.25) is 0 Å². The molecule has 5 unspecified atom stereocenters. The lowest BCUT2D eigenvalue weighted by atomic mass is 9.45. The predicted octanol–water partition coefficient (Wildman–Crippen LogP) is 4.91. The molecule has 2 N–H and O–H groups in total. The van der Waals surface area contributed by atoms with Gasteiger partial charge in [-0.05, 0) is 85.3 Å². The fourth-order valence-corrected chi connectivity index (χ4v) is 7.19. The van der Waals surface area contributed by atoms with Gasteiger partial charge in [-0.15, -0.1) is 0 Å². The van der Waals surface area contributed by atoms with Crippen molar-refractivity contribution in [3.63, 3.8) is 0 Å². The number of nitrogens with zero attached hydrogens (tertiary/aromatic N) is 4. The highest BCUT2D eigenvalue weighted by molar-refractivity contribution is 5.96. The predicted molar refractivity (Wildman–Crippen MR) is 159 cm³/mol. The molecule has 3 saturated carbocycles. The first-order valence-corrected chi connectivity index (χ1v) is 14.8. The minimum Gasteiger partial charge on any atom is -0.340 e. The van der Waals surface area contributed by atoms with Gasteiger partial charge in [0.2, 0.25) is 0 Å². The lowest BCUT2D eigenvalue weighted by Gasteiger charge is -2.61. The topological polar surface area (TPSA) is 74.5 Å². The molecule has 1 aliphatic heterocycles. The summed E-state index contributed by atoms with van der Waals surface area (Å²) in [5.74, 6) is 2.71. The van der Waals surface area contributed by atoms with E-state index in [1.807, 2.05) is 18.2 Å². The van der Waals surface area contributed by atoms with Crippen LogP contribution in [0.5, 0.6) is 0 Å². The number of hydrogen-bond donors (Lipinski definition) is 2. The largest absolute Gasteiger partial charge is 0.340 e. The lowest BCUT2D eigenvalue weighted by Crippen LogP contribution is -2.57. The number of hydrogen-bond acceptors (Lipinski definition) is 4. The maximum atomic E-state index is 13.2. The van der Waals surface area contributed by atoms with Gasteiger partial charge in [0.05, 0.1) is 23.3 Å². The third kappa shape index (κ3) is 5.14. The minimum absolute atomic E-state index is 0.0682. The van der Waals surface area contributed by atoms with Gasteiger partial charge < -0.3 is 15.5 Å². The quantitative estimate of drug-likeness (QED) is 0.353. The molecule has 1 saturated heterocycles. The number of rotatable bonds is 5. The number of benzene rings is 2. The molecule has 7 rings (SSSR count). The normalized spacial score (nSPS) is 27.9. The molecule has 0 spiro atoms. The zero-order chi connectivity index (χ0) is 28.0. The Balaban J connectivity index is 1.23. The van der Waals surface area contributed by atoms with Crippen molar-refractivity contribution in [2.24, 2.45) is 28.2 Å².